The number of likely N-dealkylation sites (tertiary alicyclic amines) is 1. The van der Waals surface area contributed by atoms with Gasteiger partial charge in [-0.15, -0.1) is 0 Å². The molecule has 2 aliphatic heterocycles. The van der Waals surface area contributed by atoms with Crippen molar-refractivity contribution >= 4 is 11.9 Å². The lowest BCUT2D eigenvalue weighted by Crippen LogP contribution is -2.73. The Morgan fingerprint density at radius 3 is 2.55 bits per heavy atom. The Labute approximate surface area is 184 Å². The number of ether oxygens (including phenoxy) is 1. The van der Waals surface area contributed by atoms with Gasteiger partial charge in [-0.1, -0.05) is 13.0 Å². The summed E-state index contributed by atoms with van der Waals surface area (Å²) in [5.41, 5.74) is -0.565. The third kappa shape index (κ3) is 2.93. The molecule has 2 N–H and O–H groups in total. The first-order valence-electron chi connectivity index (χ1n) is 11.4. The molecule has 3 fully saturated rings. The van der Waals surface area contributed by atoms with Gasteiger partial charge in [0.15, 0.2) is 0 Å². The predicted octanol–water partition coefficient (Wildman–Crippen LogP) is 2.58. The number of rotatable bonds is 4. The number of methoxy groups -OCH3 is 1. The zero-order valence-corrected chi connectivity index (χ0v) is 19.3. The number of hydrogen-bond acceptors (Lipinski definition) is 5. The molecule has 1 aromatic rings. The lowest BCUT2D eigenvalue weighted by molar-refractivity contribution is -0.171. The summed E-state index contributed by atoms with van der Waals surface area (Å²) in [7, 11) is 1.64. The molecular formula is C24H35N3O4. The van der Waals surface area contributed by atoms with Crippen LogP contribution in [0.3, 0.4) is 0 Å². The van der Waals surface area contributed by atoms with Crippen LogP contribution in [0.2, 0.25) is 0 Å². The largest absolute Gasteiger partial charge is 0.497 e. The van der Waals surface area contributed by atoms with Gasteiger partial charge in [0.25, 0.3) is 5.91 Å². The van der Waals surface area contributed by atoms with Crippen LogP contribution in [-0.2, 0) is 10.2 Å². The highest BCUT2D eigenvalue weighted by Gasteiger charge is 2.67. The zero-order chi connectivity index (χ0) is 22.6. The summed E-state index contributed by atoms with van der Waals surface area (Å²) in [5, 5.41) is 15.4. The topological polar surface area (TPSA) is 82.1 Å². The van der Waals surface area contributed by atoms with E-state index in [4.69, 9.17) is 4.74 Å². The molecular weight excluding hydrogens is 394 g/mol. The van der Waals surface area contributed by atoms with Crippen molar-refractivity contribution in [3.63, 3.8) is 0 Å². The minimum atomic E-state index is -1.02. The molecule has 31 heavy (non-hydrogen) atoms. The van der Waals surface area contributed by atoms with E-state index in [0.717, 1.165) is 30.0 Å². The molecule has 2 saturated heterocycles. The maximum Gasteiger partial charge on any atom is 0.325 e. The van der Waals surface area contributed by atoms with Gasteiger partial charge in [-0.2, -0.15) is 0 Å². The van der Waals surface area contributed by atoms with E-state index in [9.17, 15) is 14.7 Å². The van der Waals surface area contributed by atoms with E-state index in [1.54, 1.807) is 7.11 Å². The molecule has 7 heteroatoms. The second-order valence-corrected chi connectivity index (χ2v) is 9.48. The number of nitrogens with zero attached hydrogens (tertiary/aromatic N) is 2. The summed E-state index contributed by atoms with van der Waals surface area (Å²) >= 11 is 0. The summed E-state index contributed by atoms with van der Waals surface area (Å²) in [6, 6.07) is 5.58. The van der Waals surface area contributed by atoms with Crippen LogP contribution in [0.4, 0.5) is 4.79 Å². The summed E-state index contributed by atoms with van der Waals surface area (Å²) in [6.07, 6.45) is 2.00. The minimum Gasteiger partial charge on any atom is -0.497 e. The first-order chi connectivity index (χ1) is 14.7. The average molecular weight is 430 g/mol. The SMILES string of the molecule is CCN1C(=O)NC2(CCC3(O)C(C)N(CC)CCC3(c3cc(OC)ccc3C)C2)C1=O. The van der Waals surface area contributed by atoms with Crippen molar-refractivity contribution in [3.05, 3.63) is 29.3 Å². The third-order valence-electron chi connectivity index (χ3n) is 8.36. The van der Waals surface area contributed by atoms with Crippen molar-refractivity contribution in [2.45, 2.75) is 76.0 Å². The van der Waals surface area contributed by atoms with E-state index < -0.39 is 16.6 Å². The number of carbonyl (C=O) groups excluding carboxylic acids is 2. The van der Waals surface area contributed by atoms with Gasteiger partial charge in [-0.05, 0) is 82.8 Å². The highest BCUT2D eigenvalue weighted by molar-refractivity contribution is 6.07. The van der Waals surface area contributed by atoms with Gasteiger partial charge in [-0.3, -0.25) is 14.6 Å². The molecule has 0 radical (unpaired) electrons. The summed E-state index contributed by atoms with van der Waals surface area (Å²) < 4.78 is 5.53. The molecule has 4 unspecified atom stereocenters. The Morgan fingerprint density at radius 1 is 1.19 bits per heavy atom. The lowest BCUT2D eigenvalue weighted by Gasteiger charge is -2.62. The number of amides is 3. The second kappa shape index (κ2) is 7.48. The van der Waals surface area contributed by atoms with Gasteiger partial charge in [0.05, 0.1) is 12.7 Å². The number of urea groups is 1. The van der Waals surface area contributed by atoms with E-state index in [2.05, 4.69) is 31.0 Å². The van der Waals surface area contributed by atoms with Crippen molar-refractivity contribution in [2.75, 3.05) is 26.7 Å². The lowest BCUT2D eigenvalue weighted by atomic mass is 9.49. The van der Waals surface area contributed by atoms with Crippen LogP contribution in [-0.4, -0.2) is 70.8 Å². The molecule has 3 aliphatic rings. The normalized spacial score (nSPS) is 35.9. The van der Waals surface area contributed by atoms with Crippen molar-refractivity contribution in [1.29, 1.82) is 0 Å². The third-order valence-corrected chi connectivity index (χ3v) is 8.36. The van der Waals surface area contributed by atoms with E-state index in [-0.39, 0.29) is 18.0 Å². The number of likely N-dealkylation sites (N-methyl/N-ethyl adjacent to an activating group) is 2. The average Bonchev–Trinajstić information content (AvgIpc) is 2.99. The Bertz CT molecular complexity index is 905. The molecule has 170 valence electrons. The molecule has 2 heterocycles. The fourth-order valence-electron chi connectivity index (χ4n) is 6.53. The molecule has 1 aromatic carbocycles. The molecule has 1 aliphatic carbocycles. The smallest absolute Gasteiger partial charge is 0.325 e. The van der Waals surface area contributed by atoms with Gasteiger partial charge < -0.3 is 15.2 Å². The minimum absolute atomic E-state index is 0.0660. The van der Waals surface area contributed by atoms with Crippen LogP contribution in [0.5, 0.6) is 5.75 Å². The molecule has 4 atom stereocenters. The number of piperidine rings is 1. The van der Waals surface area contributed by atoms with Crippen molar-refractivity contribution in [1.82, 2.24) is 15.1 Å². The Morgan fingerprint density at radius 2 is 1.94 bits per heavy atom. The predicted molar refractivity (Wildman–Crippen MR) is 118 cm³/mol. The van der Waals surface area contributed by atoms with E-state index in [0.29, 0.717) is 32.2 Å². The number of imide groups is 1. The summed E-state index contributed by atoms with van der Waals surface area (Å²) in [6.45, 7) is 10.1. The van der Waals surface area contributed by atoms with Gasteiger partial charge >= 0.3 is 6.03 Å². The standard InChI is InChI=1S/C24H35N3O4/c1-6-26-13-12-22(19-14-18(31-5)9-8-16(19)3)15-23(10-11-24(22,30)17(26)4)20(28)27(7-2)21(29)25-23/h8-9,14,17,30H,6-7,10-13,15H2,1-5H3,(H,25,29). The van der Waals surface area contributed by atoms with Crippen LogP contribution in [0.1, 0.15) is 57.6 Å². The fraction of sp³-hybridized carbons (Fsp3) is 0.667. The van der Waals surface area contributed by atoms with Gasteiger partial charge in [-0.25, -0.2) is 4.79 Å². The van der Waals surface area contributed by atoms with Gasteiger partial charge in [0, 0.05) is 18.0 Å². The molecule has 0 bridgehead atoms. The number of nitrogens with one attached hydrogen (secondary N) is 1. The number of aliphatic hydroxyl groups is 1. The first-order valence-corrected chi connectivity index (χ1v) is 11.4. The number of aryl methyl sites for hydroxylation is 1. The number of benzene rings is 1. The quantitative estimate of drug-likeness (QED) is 0.719. The Kier molecular flexibility index (Phi) is 5.33. The van der Waals surface area contributed by atoms with Crippen molar-refractivity contribution < 1.29 is 19.4 Å². The highest BCUT2D eigenvalue weighted by Crippen LogP contribution is 2.58. The van der Waals surface area contributed by atoms with E-state index >= 15 is 0 Å². The Balaban J connectivity index is 1.90. The molecule has 0 aromatic heterocycles. The van der Waals surface area contributed by atoms with Gasteiger partial charge in [0.2, 0.25) is 0 Å². The van der Waals surface area contributed by atoms with Gasteiger partial charge in [0.1, 0.15) is 11.3 Å². The maximum absolute atomic E-state index is 13.4. The number of fused-ring (bicyclic) bond motifs is 1. The monoisotopic (exact) mass is 429 g/mol. The molecule has 4 rings (SSSR count). The van der Waals surface area contributed by atoms with Crippen LogP contribution in [0, 0.1) is 6.92 Å². The molecule has 7 nitrogen and oxygen atoms in total. The van der Waals surface area contributed by atoms with Crippen LogP contribution < -0.4 is 10.1 Å². The number of carbonyl (C=O) groups is 2. The van der Waals surface area contributed by atoms with E-state index in [1.807, 2.05) is 25.1 Å². The molecule has 1 saturated carbocycles. The molecule has 1 spiro atoms. The van der Waals surface area contributed by atoms with Crippen molar-refractivity contribution in [2.24, 2.45) is 0 Å². The second-order valence-electron chi connectivity index (χ2n) is 9.48. The highest BCUT2D eigenvalue weighted by atomic mass is 16.5. The number of hydrogen-bond donors (Lipinski definition) is 2. The van der Waals surface area contributed by atoms with Crippen LogP contribution in [0.15, 0.2) is 18.2 Å². The first kappa shape index (κ1) is 22.1. The Hall–Kier alpha value is -2.12. The zero-order valence-electron chi connectivity index (χ0n) is 19.3. The van der Waals surface area contributed by atoms with E-state index in [1.165, 1.54) is 4.90 Å². The maximum atomic E-state index is 13.4. The molecule has 3 amide bonds. The summed E-state index contributed by atoms with van der Waals surface area (Å²) in [5.74, 6) is 0.576. The van der Waals surface area contributed by atoms with Crippen LogP contribution in [0.25, 0.3) is 0 Å². The van der Waals surface area contributed by atoms with Crippen molar-refractivity contribution in [3.8, 4) is 5.75 Å². The fourth-order valence-corrected chi connectivity index (χ4v) is 6.53. The summed E-state index contributed by atoms with van der Waals surface area (Å²) in [4.78, 5) is 29.6. The van der Waals surface area contributed by atoms with Crippen LogP contribution >= 0.6 is 0 Å².